The van der Waals surface area contributed by atoms with Crippen LogP contribution < -0.4 is 16.0 Å². The third-order valence-electron chi connectivity index (χ3n) is 6.38. The number of pyridine rings is 1. The van der Waals surface area contributed by atoms with Gasteiger partial charge in [-0.3, -0.25) is 19.3 Å². The van der Waals surface area contributed by atoms with Gasteiger partial charge in [0.05, 0.1) is 16.4 Å². The number of carbonyl (C=O) groups is 3. The number of carbonyl (C=O) groups excluding carboxylic acids is 3. The number of anilines is 2. The minimum absolute atomic E-state index is 0.186. The number of benzene rings is 2. The van der Waals surface area contributed by atoms with Crippen molar-refractivity contribution in [1.82, 2.24) is 10.3 Å². The molecule has 0 bridgehead atoms. The van der Waals surface area contributed by atoms with E-state index in [9.17, 15) is 40.7 Å². The van der Waals surface area contributed by atoms with E-state index in [1.807, 2.05) is 0 Å². The Morgan fingerprint density at radius 3 is 2.16 bits per heavy atom. The number of rotatable bonds is 8. The monoisotopic (exact) mass is 655 g/mol. The summed E-state index contributed by atoms with van der Waals surface area (Å²) in [7, 11) is 0. The zero-order valence-corrected chi connectivity index (χ0v) is 24.5. The number of benzodiazepines with no additional fused rings is 1. The maximum Gasteiger partial charge on any atom is 0.389 e. The van der Waals surface area contributed by atoms with Crippen molar-refractivity contribution in [2.24, 2.45) is 16.6 Å². The molecular formula is C30H28ClF6N5O3. The molecule has 1 aliphatic heterocycles. The molecule has 1 aliphatic rings. The Hall–Kier alpha value is -4.46. The fourth-order valence-electron chi connectivity index (χ4n) is 4.18. The topological polar surface area (TPSA) is 118 Å². The molecule has 0 radical (unpaired) electrons. The van der Waals surface area contributed by atoms with Crippen LogP contribution in [-0.4, -0.2) is 46.9 Å². The van der Waals surface area contributed by atoms with Gasteiger partial charge in [-0.1, -0.05) is 67.1 Å². The van der Waals surface area contributed by atoms with Gasteiger partial charge in [0.25, 0.3) is 5.91 Å². The SMILES string of the molecule is CCC(F)(F)F.NC(=O)CC(CCC(F)(F)F)C(=O)NC1N=C(c2ccccc2)c2ccccc2N(c2ccc(Cl)cn2)C1=O. The van der Waals surface area contributed by atoms with Crippen LogP contribution in [-0.2, 0) is 14.4 Å². The summed E-state index contributed by atoms with van der Waals surface area (Å²) >= 11 is 5.99. The summed E-state index contributed by atoms with van der Waals surface area (Å²) in [6.07, 6.45) is -12.1. The molecular weight excluding hydrogens is 628 g/mol. The van der Waals surface area contributed by atoms with Crippen molar-refractivity contribution in [2.45, 2.75) is 51.1 Å². The number of hydrogen-bond acceptors (Lipinski definition) is 5. The Kier molecular flexibility index (Phi) is 11.7. The summed E-state index contributed by atoms with van der Waals surface area (Å²) in [5.74, 6) is -3.85. The molecule has 45 heavy (non-hydrogen) atoms. The summed E-state index contributed by atoms with van der Waals surface area (Å²) in [5, 5.41) is 2.78. The first-order chi connectivity index (χ1) is 21.1. The second-order valence-corrected chi connectivity index (χ2v) is 10.2. The van der Waals surface area contributed by atoms with Crippen molar-refractivity contribution in [3.8, 4) is 0 Å². The number of hydrogen-bond donors (Lipinski definition) is 2. The minimum atomic E-state index is -4.55. The van der Waals surface area contributed by atoms with Crippen LogP contribution in [0.1, 0.15) is 43.7 Å². The van der Waals surface area contributed by atoms with E-state index in [2.05, 4.69) is 15.3 Å². The maximum absolute atomic E-state index is 13.9. The van der Waals surface area contributed by atoms with Gasteiger partial charge >= 0.3 is 12.4 Å². The highest BCUT2D eigenvalue weighted by molar-refractivity contribution is 6.30. The van der Waals surface area contributed by atoms with Crippen molar-refractivity contribution >= 4 is 46.5 Å². The molecule has 0 spiro atoms. The molecule has 8 nitrogen and oxygen atoms in total. The molecule has 0 saturated heterocycles. The summed E-state index contributed by atoms with van der Waals surface area (Å²) in [5.41, 5.74) is 7.17. The molecule has 2 heterocycles. The van der Waals surface area contributed by atoms with E-state index in [-0.39, 0.29) is 5.82 Å². The van der Waals surface area contributed by atoms with Gasteiger partial charge in [-0.05, 0) is 24.6 Å². The van der Waals surface area contributed by atoms with Crippen molar-refractivity contribution in [1.29, 1.82) is 0 Å². The van der Waals surface area contributed by atoms with Crippen LogP contribution in [0.5, 0.6) is 0 Å². The zero-order chi connectivity index (χ0) is 33.4. The fourth-order valence-corrected chi connectivity index (χ4v) is 4.29. The zero-order valence-electron chi connectivity index (χ0n) is 23.7. The van der Waals surface area contributed by atoms with E-state index < -0.39 is 67.8 Å². The predicted molar refractivity (Wildman–Crippen MR) is 156 cm³/mol. The van der Waals surface area contributed by atoms with Gasteiger partial charge in [0.1, 0.15) is 5.82 Å². The standard InChI is InChI=1S/C27H23ClF3N5O3.C3H5F3/c28-18-10-11-22(33-15-18)36-20-9-5-4-8-19(20)23(16-6-2-1-3-7-16)34-24(26(36)39)35-25(38)17(14-21(32)37)12-13-27(29,30)31;1-2-3(4,5)6/h1-11,15,17,24H,12-14H2,(H2,32,37)(H,35,38);2H2,1H3. The summed E-state index contributed by atoms with van der Waals surface area (Å²) in [6.45, 7) is 1.08. The third-order valence-corrected chi connectivity index (χ3v) is 6.60. The van der Waals surface area contributed by atoms with E-state index in [0.29, 0.717) is 27.5 Å². The highest BCUT2D eigenvalue weighted by atomic mass is 35.5. The van der Waals surface area contributed by atoms with Gasteiger partial charge in [-0.15, -0.1) is 0 Å². The van der Waals surface area contributed by atoms with Crippen molar-refractivity contribution in [2.75, 3.05) is 4.90 Å². The normalized spacial score (nSPS) is 15.6. The van der Waals surface area contributed by atoms with Crippen LogP contribution in [0.2, 0.25) is 5.02 Å². The van der Waals surface area contributed by atoms with Gasteiger partial charge in [0.2, 0.25) is 18.0 Å². The third kappa shape index (κ3) is 10.3. The smallest absolute Gasteiger partial charge is 0.370 e. The molecule has 2 unspecified atom stereocenters. The first kappa shape index (κ1) is 35.0. The number of amides is 3. The number of nitrogens with two attached hydrogens (primary N) is 1. The Bertz CT molecular complexity index is 1510. The largest absolute Gasteiger partial charge is 0.389 e. The van der Waals surface area contributed by atoms with Gasteiger partial charge in [-0.2, -0.15) is 26.3 Å². The molecule has 4 rings (SSSR count). The van der Waals surface area contributed by atoms with E-state index in [1.165, 1.54) is 23.2 Å². The highest BCUT2D eigenvalue weighted by Gasteiger charge is 2.37. The number of para-hydroxylation sites is 1. The molecule has 3 amide bonds. The molecule has 3 N–H and O–H groups in total. The number of fused-ring (bicyclic) bond motifs is 1. The van der Waals surface area contributed by atoms with E-state index in [0.717, 1.165) is 6.92 Å². The Labute approximate surface area is 259 Å². The first-order valence-corrected chi connectivity index (χ1v) is 13.9. The van der Waals surface area contributed by atoms with Crippen molar-refractivity contribution in [3.63, 3.8) is 0 Å². The average Bonchev–Trinajstić information content (AvgIpc) is 3.10. The quantitative estimate of drug-likeness (QED) is 0.270. The number of aliphatic imine (C=N–C) groups is 1. The highest BCUT2D eigenvalue weighted by Crippen LogP contribution is 2.34. The summed E-state index contributed by atoms with van der Waals surface area (Å²) < 4.78 is 71.1. The van der Waals surface area contributed by atoms with Gasteiger partial charge in [0.15, 0.2) is 0 Å². The lowest BCUT2D eigenvalue weighted by Crippen LogP contribution is -2.48. The number of nitrogens with one attached hydrogen (secondary N) is 1. The van der Waals surface area contributed by atoms with Crippen LogP contribution >= 0.6 is 11.6 Å². The number of aromatic nitrogens is 1. The molecule has 0 fully saturated rings. The Balaban J connectivity index is 0.000000838. The van der Waals surface area contributed by atoms with E-state index in [4.69, 9.17) is 17.3 Å². The molecule has 1 aromatic heterocycles. The van der Waals surface area contributed by atoms with Gasteiger partial charge < -0.3 is 11.1 Å². The molecule has 0 saturated carbocycles. The second kappa shape index (κ2) is 15.0. The summed E-state index contributed by atoms with van der Waals surface area (Å²) in [4.78, 5) is 48.7. The molecule has 15 heteroatoms. The average molecular weight is 656 g/mol. The fraction of sp³-hybridized carbons (Fsp3) is 0.300. The predicted octanol–water partition coefficient (Wildman–Crippen LogP) is 6.49. The lowest BCUT2D eigenvalue weighted by atomic mass is 9.97. The molecule has 240 valence electrons. The Morgan fingerprint density at radius 1 is 0.978 bits per heavy atom. The number of primary amides is 1. The lowest BCUT2D eigenvalue weighted by Gasteiger charge is -2.25. The second-order valence-electron chi connectivity index (χ2n) is 9.77. The van der Waals surface area contributed by atoms with Crippen LogP contribution in [0, 0.1) is 5.92 Å². The van der Waals surface area contributed by atoms with Crippen LogP contribution in [0.25, 0.3) is 0 Å². The van der Waals surface area contributed by atoms with Crippen LogP contribution in [0.4, 0.5) is 37.8 Å². The van der Waals surface area contributed by atoms with Crippen molar-refractivity contribution in [3.05, 3.63) is 89.1 Å². The van der Waals surface area contributed by atoms with Crippen LogP contribution in [0.3, 0.4) is 0 Å². The van der Waals surface area contributed by atoms with E-state index in [1.54, 1.807) is 54.6 Å². The molecule has 3 aromatic rings. The maximum atomic E-state index is 13.9. The molecule has 2 aromatic carbocycles. The minimum Gasteiger partial charge on any atom is -0.370 e. The lowest BCUT2D eigenvalue weighted by molar-refractivity contribution is -0.143. The van der Waals surface area contributed by atoms with Gasteiger partial charge in [0, 0.05) is 42.5 Å². The molecule has 2 atom stereocenters. The molecule has 0 aliphatic carbocycles. The number of alkyl halides is 6. The summed E-state index contributed by atoms with van der Waals surface area (Å²) in [6, 6.07) is 18.9. The Morgan fingerprint density at radius 2 is 1.60 bits per heavy atom. The number of halogens is 7. The first-order valence-electron chi connectivity index (χ1n) is 13.5. The van der Waals surface area contributed by atoms with Crippen LogP contribution in [0.15, 0.2) is 77.9 Å². The van der Waals surface area contributed by atoms with E-state index >= 15 is 0 Å². The number of nitrogens with zero attached hydrogens (tertiary/aromatic N) is 3. The van der Waals surface area contributed by atoms with Crippen molar-refractivity contribution < 1.29 is 40.7 Å². The van der Waals surface area contributed by atoms with Gasteiger partial charge in [-0.25, -0.2) is 9.98 Å².